The second kappa shape index (κ2) is 4.46. The Balaban J connectivity index is 1.86. The summed E-state index contributed by atoms with van der Waals surface area (Å²) in [5.41, 5.74) is 0.563. The summed E-state index contributed by atoms with van der Waals surface area (Å²) in [6.07, 6.45) is 0.376. The zero-order valence-electron chi connectivity index (χ0n) is 10.3. The maximum Gasteiger partial charge on any atom is 0.232 e. The molecule has 1 atom stereocenters. The molecule has 5 nitrogen and oxygen atoms in total. The summed E-state index contributed by atoms with van der Waals surface area (Å²) in [4.78, 5) is 17.4. The lowest BCUT2D eigenvalue weighted by Crippen LogP contribution is -2.18. The average molecular weight is 261 g/mol. The van der Waals surface area contributed by atoms with Crippen molar-refractivity contribution in [2.75, 3.05) is 13.6 Å². The van der Waals surface area contributed by atoms with Crippen molar-refractivity contribution in [1.82, 2.24) is 15.0 Å². The van der Waals surface area contributed by atoms with E-state index in [1.807, 2.05) is 0 Å². The van der Waals surface area contributed by atoms with Crippen LogP contribution in [0.2, 0.25) is 0 Å². The van der Waals surface area contributed by atoms with Crippen molar-refractivity contribution < 1.29 is 13.7 Å². The summed E-state index contributed by atoms with van der Waals surface area (Å²) in [5.74, 6) is 0.413. The Morgan fingerprint density at radius 2 is 2.32 bits per heavy atom. The smallest absolute Gasteiger partial charge is 0.232 e. The highest BCUT2D eigenvalue weighted by Crippen LogP contribution is 2.27. The second-order valence-corrected chi connectivity index (χ2v) is 4.64. The third kappa shape index (κ3) is 2.21. The van der Waals surface area contributed by atoms with Crippen molar-refractivity contribution in [1.29, 1.82) is 0 Å². The zero-order valence-corrected chi connectivity index (χ0v) is 10.3. The molecule has 1 aliphatic rings. The zero-order chi connectivity index (χ0) is 13.4. The molecule has 0 radical (unpaired) electrons. The number of rotatable bonds is 2. The Labute approximate surface area is 109 Å². The van der Waals surface area contributed by atoms with Gasteiger partial charge in [-0.3, -0.25) is 4.79 Å². The molecule has 0 N–H and O–H groups in total. The lowest BCUT2D eigenvalue weighted by molar-refractivity contribution is -0.126. The summed E-state index contributed by atoms with van der Waals surface area (Å²) in [5, 5.41) is 3.84. The van der Waals surface area contributed by atoms with Crippen molar-refractivity contribution in [3.63, 3.8) is 0 Å². The molecule has 19 heavy (non-hydrogen) atoms. The molecule has 1 saturated heterocycles. The third-order valence-corrected chi connectivity index (χ3v) is 3.21. The number of hydrogen-bond acceptors (Lipinski definition) is 4. The van der Waals surface area contributed by atoms with E-state index in [-0.39, 0.29) is 17.6 Å². The number of benzene rings is 1. The van der Waals surface area contributed by atoms with Gasteiger partial charge in [-0.25, -0.2) is 4.39 Å². The van der Waals surface area contributed by atoms with E-state index >= 15 is 0 Å². The lowest BCUT2D eigenvalue weighted by atomic mass is 10.1. The van der Waals surface area contributed by atoms with E-state index in [1.165, 1.54) is 12.1 Å². The molecule has 0 saturated carbocycles. The SMILES string of the molecule is CN1CC(c2nc(-c3cccc(F)c3)no2)CC1=O. The minimum atomic E-state index is -0.348. The van der Waals surface area contributed by atoms with E-state index in [9.17, 15) is 9.18 Å². The van der Waals surface area contributed by atoms with Crippen LogP contribution < -0.4 is 0 Å². The van der Waals surface area contributed by atoms with Crippen LogP contribution in [0.5, 0.6) is 0 Å². The van der Waals surface area contributed by atoms with Crippen LogP contribution in [0.1, 0.15) is 18.2 Å². The predicted molar refractivity (Wildman–Crippen MR) is 64.7 cm³/mol. The van der Waals surface area contributed by atoms with E-state index in [0.717, 1.165) is 0 Å². The molecule has 0 spiro atoms. The summed E-state index contributed by atoms with van der Waals surface area (Å²) in [6, 6.07) is 6.01. The molecule has 0 aliphatic carbocycles. The molecular formula is C13H12FN3O2. The lowest BCUT2D eigenvalue weighted by Gasteiger charge is -2.05. The van der Waals surface area contributed by atoms with Crippen LogP contribution in [-0.4, -0.2) is 34.5 Å². The molecule has 1 aliphatic heterocycles. The van der Waals surface area contributed by atoms with Crippen LogP contribution in [0, 0.1) is 5.82 Å². The standard InChI is InChI=1S/C13H12FN3O2/c1-17-7-9(6-11(17)18)13-15-12(16-19-13)8-3-2-4-10(14)5-8/h2-5,9H,6-7H2,1H3. The van der Waals surface area contributed by atoms with Gasteiger partial charge < -0.3 is 9.42 Å². The Morgan fingerprint density at radius 1 is 1.47 bits per heavy atom. The van der Waals surface area contributed by atoms with Crippen molar-refractivity contribution >= 4 is 5.91 Å². The maximum absolute atomic E-state index is 13.1. The normalized spacial score (nSPS) is 19.2. The highest BCUT2D eigenvalue weighted by atomic mass is 19.1. The average Bonchev–Trinajstić information content (AvgIpc) is 2.97. The topological polar surface area (TPSA) is 59.2 Å². The van der Waals surface area contributed by atoms with Gasteiger partial charge in [0.05, 0.1) is 5.92 Å². The fourth-order valence-electron chi connectivity index (χ4n) is 2.17. The van der Waals surface area contributed by atoms with Gasteiger partial charge in [0, 0.05) is 25.6 Å². The van der Waals surface area contributed by atoms with Gasteiger partial charge in [0.15, 0.2) is 0 Å². The first-order valence-corrected chi connectivity index (χ1v) is 5.97. The van der Waals surface area contributed by atoms with Gasteiger partial charge in [-0.05, 0) is 12.1 Å². The van der Waals surface area contributed by atoms with Crippen LogP contribution in [0.4, 0.5) is 4.39 Å². The van der Waals surface area contributed by atoms with E-state index in [1.54, 1.807) is 24.1 Å². The number of nitrogens with zero attached hydrogens (tertiary/aromatic N) is 3. The van der Waals surface area contributed by atoms with Crippen LogP contribution >= 0.6 is 0 Å². The molecule has 0 bridgehead atoms. The summed E-state index contributed by atoms with van der Waals surface area (Å²) in [6.45, 7) is 0.573. The number of hydrogen-bond donors (Lipinski definition) is 0. The maximum atomic E-state index is 13.1. The van der Waals surface area contributed by atoms with Gasteiger partial charge in [0.25, 0.3) is 0 Å². The number of likely N-dealkylation sites (N-methyl/N-ethyl adjacent to an activating group) is 1. The van der Waals surface area contributed by atoms with Crippen LogP contribution in [0.3, 0.4) is 0 Å². The summed E-state index contributed by atoms with van der Waals surface area (Å²) >= 11 is 0. The molecule has 6 heteroatoms. The van der Waals surface area contributed by atoms with Crippen molar-refractivity contribution in [2.24, 2.45) is 0 Å². The predicted octanol–water partition coefficient (Wildman–Crippen LogP) is 1.82. The quantitative estimate of drug-likeness (QED) is 0.827. The van der Waals surface area contributed by atoms with E-state index in [2.05, 4.69) is 10.1 Å². The van der Waals surface area contributed by atoms with Crippen molar-refractivity contribution in [2.45, 2.75) is 12.3 Å². The molecule has 1 aromatic carbocycles. The molecule has 1 unspecified atom stereocenters. The number of amides is 1. The summed E-state index contributed by atoms with van der Waals surface area (Å²) in [7, 11) is 1.74. The monoisotopic (exact) mass is 261 g/mol. The van der Waals surface area contributed by atoms with Crippen LogP contribution in [0.15, 0.2) is 28.8 Å². The largest absolute Gasteiger partial charge is 0.345 e. The number of aromatic nitrogens is 2. The van der Waals surface area contributed by atoms with Gasteiger partial charge in [-0.2, -0.15) is 4.98 Å². The Hall–Kier alpha value is -2.24. The second-order valence-electron chi connectivity index (χ2n) is 4.64. The molecule has 98 valence electrons. The fourth-order valence-corrected chi connectivity index (χ4v) is 2.17. The fraction of sp³-hybridized carbons (Fsp3) is 0.308. The highest BCUT2D eigenvalue weighted by molar-refractivity contribution is 5.79. The van der Waals surface area contributed by atoms with Gasteiger partial charge in [0.2, 0.25) is 17.6 Å². The first kappa shape index (κ1) is 11.8. The molecule has 2 aromatic rings. The molecule has 1 aromatic heterocycles. The minimum Gasteiger partial charge on any atom is -0.345 e. The minimum absolute atomic E-state index is 0.0653. The highest BCUT2D eigenvalue weighted by Gasteiger charge is 2.32. The molecular weight excluding hydrogens is 249 g/mol. The number of halogens is 1. The Kier molecular flexibility index (Phi) is 2.77. The van der Waals surface area contributed by atoms with Gasteiger partial charge in [-0.15, -0.1) is 0 Å². The first-order valence-electron chi connectivity index (χ1n) is 5.97. The van der Waals surface area contributed by atoms with Crippen molar-refractivity contribution in [3.05, 3.63) is 36.0 Å². The van der Waals surface area contributed by atoms with Gasteiger partial charge in [0.1, 0.15) is 5.82 Å². The van der Waals surface area contributed by atoms with E-state index in [0.29, 0.717) is 30.2 Å². The van der Waals surface area contributed by atoms with Crippen LogP contribution in [0.25, 0.3) is 11.4 Å². The first-order chi connectivity index (χ1) is 9.13. The Morgan fingerprint density at radius 3 is 3.00 bits per heavy atom. The molecule has 3 rings (SSSR count). The van der Waals surface area contributed by atoms with E-state index in [4.69, 9.17) is 4.52 Å². The van der Waals surface area contributed by atoms with Crippen LogP contribution in [-0.2, 0) is 4.79 Å². The Bertz CT molecular complexity index is 626. The summed E-state index contributed by atoms with van der Waals surface area (Å²) < 4.78 is 18.3. The number of likely N-dealkylation sites (tertiary alicyclic amines) is 1. The molecule has 2 heterocycles. The number of carbonyl (C=O) groups excluding carboxylic acids is 1. The number of carbonyl (C=O) groups is 1. The van der Waals surface area contributed by atoms with Gasteiger partial charge in [-0.1, -0.05) is 17.3 Å². The van der Waals surface area contributed by atoms with Gasteiger partial charge >= 0.3 is 0 Å². The van der Waals surface area contributed by atoms with Crippen molar-refractivity contribution in [3.8, 4) is 11.4 Å². The third-order valence-electron chi connectivity index (χ3n) is 3.21. The van der Waals surface area contributed by atoms with E-state index < -0.39 is 0 Å². The molecule has 1 amide bonds. The molecule has 1 fully saturated rings.